The fourth-order valence-corrected chi connectivity index (χ4v) is 8.64. The zero-order chi connectivity index (χ0) is 30.7. The first-order valence-corrected chi connectivity index (χ1v) is 16.2. The van der Waals surface area contributed by atoms with Gasteiger partial charge >= 0.3 is 0 Å². The molecule has 0 amide bonds. The Morgan fingerprint density at radius 2 is 1.02 bits per heavy atom. The highest BCUT2D eigenvalue weighted by atomic mass is 15.1. The molecule has 0 radical (unpaired) electrons. The van der Waals surface area contributed by atoms with Gasteiger partial charge in [-0.3, -0.25) is 4.57 Å². The van der Waals surface area contributed by atoms with Crippen LogP contribution < -0.4 is 0 Å². The van der Waals surface area contributed by atoms with E-state index in [0.717, 1.165) is 16.9 Å². The summed E-state index contributed by atoms with van der Waals surface area (Å²) in [4.78, 5) is 5.54. The molecule has 0 unspecified atom stereocenters. The number of aromatic nitrogens is 3. The summed E-state index contributed by atoms with van der Waals surface area (Å²) < 4.78 is 4.77. The van der Waals surface area contributed by atoms with Crippen molar-refractivity contribution in [2.75, 3.05) is 0 Å². The smallest absolute Gasteiger partial charge is 0.134 e. The molecule has 0 atom stereocenters. The van der Waals surface area contributed by atoms with Crippen LogP contribution in [-0.4, -0.2) is 14.1 Å². The average molecular weight is 598 g/mol. The van der Waals surface area contributed by atoms with E-state index in [2.05, 4.69) is 173 Å². The first kappa shape index (κ1) is 25.1. The normalized spacial score (nSPS) is 13.7. The van der Waals surface area contributed by atoms with Crippen molar-refractivity contribution in [3.05, 3.63) is 186 Å². The Balaban J connectivity index is 1.14. The SMILES string of the molecule is c1ccc(-n2c3ccccc3c3cc(-c4ccc5c(c4)nc4n5-c5ccccc5C45c4ccccc4-c4ccccc45)ccc32)cc1. The van der Waals surface area contributed by atoms with Crippen molar-refractivity contribution < 1.29 is 0 Å². The number of benzene rings is 7. The van der Waals surface area contributed by atoms with Crippen LogP contribution >= 0.6 is 0 Å². The second-order valence-corrected chi connectivity index (χ2v) is 12.8. The van der Waals surface area contributed by atoms with E-state index in [1.807, 2.05) is 0 Å². The average Bonchev–Trinajstić information content (AvgIpc) is 3.85. The minimum Gasteiger partial charge on any atom is -0.309 e. The van der Waals surface area contributed by atoms with Crippen LogP contribution in [-0.2, 0) is 5.41 Å². The maximum absolute atomic E-state index is 5.54. The lowest BCUT2D eigenvalue weighted by Crippen LogP contribution is -2.27. The van der Waals surface area contributed by atoms with E-state index in [0.29, 0.717) is 0 Å². The van der Waals surface area contributed by atoms with Gasteiger partial charge in [-0.1, -0.05) is 115 Å². The van der Waals surface area contributed by atoms with Crippen molar-refractivity contribution in [2.45, 2.75) is 5.41 Å². The largest absolute Gasteiger partial charge is 0.309 e. The van der Waals surface area contributed by atoms with Crippen LogP contribution in [0.25, 0.3) is 66.5 Å². The minimum atomic E-state index is -0.457. The molecule has 1 aliphatic carbocycles. The van der Waals surface area contributed by atoms with Crippen LogP contribution in [0, 0.1) is 0 Å². The summed E-state index contributed by atoms with van der Waals surface area (Å²) in [5.41, 5.74) is 15.4. The number of hydrogen-bond acceptors (Lipinski definition) is 1. The molecule has 7 aromatic carbocycles. The zero-order valence-electron chi connectivity index (χ0n) is 25.4. The van der Waals surface area contributed by atoms with Crippen molar-refractivity contribution in [2.24, 2.45) is 0 Å². The van der Waals surface area contributed by atoms with Gasteiger partial charge in [-0.15, -0.1) is 0 Å². The van der Waals surface area contributed by atoms with E-state index in [1.54, 1.807) is 0 Å². The van der Waals surface area contributed by atoms with Gasteiger partial charge in [-0.2, -0.15) is 0 Å². The van der Waals surface area contributed by atoms with Crippen LogP contribution in [0.2, 0.25) is 0 Å². The maximum Gasteiger partial charge on any atom is 0.134 e. The predicted octanol–water partition coefficient (Wildman–Crippen LogP) is 10.5. The number of fused-ring (bicyclic) bond motifs is 15. The molecule has 0 saturated carbocycles. The highest BCUT2D eigenvalue weighted by Gasteiger charge is 2.54. The molecule has 2 aromatic heterocycles. The topological polar surface area (TPSA) is 22.8 Å². The number of imidazole rings is 1. The molecule has 47 heavy (non-hydrogen) atoms. The van der Waals surface area contributed by atoms with Crippen LogP contribution in [0.3, 0.4) is 0 Å². The third-order valence-electron chi connectivity index (χ3n) is 10.5. The zero-order valence-corrected chi connectivity index (χ0v) is 25.4. The monoisotopic (exact) mass is 597 g/mol. The highest BCUT2D eigenvalue weighted by molar-refractivity contribution is 6.10. The molecule has 3 nitrogen and oxygen atoms in total. The van der Waals surface area contributed by atoms with Gasteiger partial charge in [0, 0.05) is 16.5 Å². The number of rotatable bonds is 2. The van der Waals surface area contributed by atoms with Crippen molar-refractivity contribution in [1.82, 2.24) is 14.1 Å². The third kappa shape index (κ3) is 3.09. The molecule has 9 aromatic rings. The van der Waals surface area contributed by atoms with Crippen molar-refractivity contribution >= 4 is 32.8 Å². The number of nitrogens with zero attached hydrogens (tertiary/aromatic N) is 3. The van der Waals surface area contributed by atoms with Gasteiger partial charge in [-0.25, -0.2) is 4.98 Å². The summed E-state index contributed by atoms with van der Waals surface area (Å²) >= 11 is 0. The Kier molecular flexibility index (Phi) is 4.78. The fourth-order valence-electron chi connectivity index (χ4n) is 8.64. The highest BCUT2D eigenvalue weighted by Crippen LogP contribution is 2.60. The maximum atomic E-state index is 5.54. The Morgan fingerprint density at radius 3 is 1.81 bits per heavy atom. The Bertz CT molecular complexity index is 2700. The van der Waals surface area contributed by atoms with Gasteiger partial charge in [0.05, 0.1) is 27.8 Å². The number of para-hydroxylation sites is 3. The first-order chi connectivity index (χ1) is 23.3. The second kappa shape index (κ2) is 8.96. The van der Waals surface area contributed by atoms with Crippen molar-refractivity contribution in [3.63, 3.8) is 0 Å². The molecule has 3 heteroatoms. The van der Waals surface area contributed by atoms with E-state index in [-0.39, 0.29) is 0 Å². The molecule has 2 aliphatic rings. The first-order valence-electron chi connectivity index (χ1n) is 16.2. The van der Waals surface area contributed by atoms with E-state index in [1.165, 1.54) is 72.1 Å². The summed E-state index contributed by atoms with van der Waals surface area (Å²) in [5, 5.41) is 2.51. The Hall–Kier alpha value is -6.19. The van der Waals surface area contributed by atoms with Gasteiger partial charge in [0.2, 0.25) is 0 Å². The van der Waals surface area contributed by atoms with E-state index in [9.17, 15) is 0 Å². The van der Waals surface area contributed by atoms with Crippen LogP contribution in [0.4, 0.5) is 0 Å². The van der Waals surface area contributed by atoms with Gasteiger partial charge in [0.1, 0.15) is 11.2 Å². The van der Waals surface area contributed by atoms with E-state index < -0.39 is 5.41 Å². The standard InChI is InChI=1S/C44H27N3/c1-2-12-30(13-3-1)46-39-20-10-6-16-33(39)34-26-28(22-24-40(34)46)29-23-25-42-38(27-29)45-43-44(37-19-9-11-21-41(37)47(42)43)35-17-7-4-14-31(35)32-15-5-8-18-36(32)44/h1-27H. The third-order valence-corrected chi connectivity index (χ3v) is 10.5. The molecule has 1 spiro atoms. The van der Waals surface area contributed by atoms with E-state index >= 15 is 0 Å². The minimum absolute atomic E-state index is 0.457. The summed E-state index contributed by atoms with van der Waals surface area (Å²) in [7, 11) is 0. The molecular weight excluding hydrogens is 571 g/mol. The fraction of sp³-hybridized carbons (Fsp3) is 0.0227. The molecule has 3 heterocycles. The quantitative estimate of drug-likeness (QED) is 0.194. The lowest BCUT2D eigenvalue weighted by Gasteiger charge is -2.27. The Labute approximate surface area is 271 Å². The van der Waals surface area contributed by atoms with E-state index in [4.69, 9.17) is 4.98 Å². The van der Waals surface area contributed by atoms with Crippen LogP contribution in [0.5, 0.6) is 0 Å². The molecule has 0 fully saturated rings. The van der Waals surface area contributed by atoms with Crippen molar-refractivity contribution in [3.8, 4) is 33.6 Å². The predicted molar refractivity (Wildman–Crippen MR) is 192 cm³/mol. The molecule has 218 valence electrons. The molecular formula is C44H27N3. The second-order valence-electron chi connectivity index (χ2n) is 12.8. The molecule has 0 N–H and O–H groups in total. The Morgan fingerprint density at radius 1 is 0.426 bits per heavy atom. The lowest BCUT2D eigenvalue weighted by molar-refractivity contribution is 0.738. The summed E-state index contributed by atoms with van der Waals surface area (Å²) in [6, 6.07) is 59.7. The van der Waals surface area contributed by atoms with Crippen molar-refractivity contribution in [1.29, 1.82) is 0 Å². The van der Waals surface area contributed by atoms with Gasteiger partial charge < -0.3 is 4.57 Å². The molecule has 11 rings (SSSR count). The molecule has 0 bridgehead atoms. The molecule has 0 saturated heterocycles. The molecule has 1 aliphatic heterocycles. The lowest BCUT2D eigenvalue weighted by atomic mass is 9.73. The van der Waals surface area contributed by atoms with Gasteiger partial charge in [0.15, 0.2) is 0 Å². The summed E-state index contributed by atoms with van der Waals surface area (Å²) in [6.45, 7) is 0. The van der Waals surface area contributed by atoms with Gasteiger partial charge in [0.25, 0.3) is 0 Å². The summed E-state index contributed by atoms with van der Waals surface area (Å²) in [6.07, 6.45) is 0. The van der Waals surface area contributed by atoms with Crippen LogP contribution in [0.1, 0.15) is 22.5 Å². The van der Waals surface area contributed by atoms with Gasteiger partial charge in [-0.05, 0) is 87.5 Å². The summed E-state index contributed by atoms with van der Waals surface area (Å²) in [5.74, 6) is 1.07. The number of hydrogen-bond donors (Lipinski definition) is 0. The van der Waals surface area contributed by atoms with Crippen LogP contribution in [0.15, 0.2) is 164 Å².